The van der Waals surface area contributed by atoms with Gasteiger partial charge in [-0.3, -0.25) is 14.5 Å². The SMILES string of the molecule is O=C(CN1CCN(C(=O)CSc2ccccc2Cl)CC1)Nc1ccccc1C(F)(F)F. The second kappa shape index (κ2) is 10.4. The highest BCUT2D eigenvalue weighted by atomic mass is 35.5. The molecule has 0 aromatic heterocycles. The van der Waals surface area contributed by atoms with Crippen molar-refractivity contribution >= 4 is 40.9 Å². The van der Waals surface area contributed by atoms with Crippen LogP contribution in [0.25, 0.3) is 0 Å². The summed E-state index contributed by atoms with van der Waals surface area (Å²) in [6.07, 6.45) is -4.54. The van der Waals surface area contributed by atoms with Gasteiger partial charge >= 0.3 is 6.18 Å². The van der Waals surface area contributed by atoms with Crippen LogP contribution in [-0.2, 0) is 15.8 Å². The van der Waals surface area contributed by atoms with E-state index in [9.17, 15) is 22.8 Å². The molecule has 0 atom stereocenters. The fourth-order valence-electron chi connectivity index (χ4n) is 3.18. The highest BCUT2D eigenvalue weighted by molar-refractivity contribution is 8.00. The van der Waals surface area contributed by atoms with Gasteiger partial charge in [0.1, 0.15) is 0 Å². The van der Waals surface area contributed by atoms with Gasteiger partial charge in [-0.25, -0.2) is 0 Å². The maximum absolute atomic E-state index is 13.1. The molecule has 1 saturated heterocycles. The van der Waals surface area contributed by atoms with E-state index in [1.165, 1.54) is 30.0 Å². The van der Waals surface area contributed by atoms with Gasteiger partial charge in [-0.15, -0.1) is 11.8 Å². The lowest BCUT2D eigenvalue weighted by molar-refractivity contribution is -0.137. The van der Waals surface area contributed by atoms with Crippen LogP contribution >= 0.6 is 23.4 Å². The van der Waals surface area contributed by atoms with Crippen molar-refractivity contribution in [3.05, 3.63) is 59.1 Å². The third kappa shape index (κ3) is 6.62. The Morgan fingerprint density at radius 3 is 2.32 bits per heavy atom. The molecule has 1 aliphatic rings. The fourth-order valence-corrected chi connectivity index (χ4v) is 4.32. The number of hydrogen-bond acceptors (Lipinski definition) is 4. The van der Waals surface area contributed by atoms with E-state index in [1.54, 1.807) is 11.0 Å². The van der Waals surface area contributed by atoms with Crippen LogP contribution in [0, 0.1) is 0 Å². The zero-order valence-corrected chi connectivity index (χ0v) is 18.1. The van der Waals surface area contributed by atoms with E-state index in [1.807, 2.05) is 23.1 Å². The third-order valence-corrected chi connectivity index (χ3v) is 6.29. The van der Waals surface area contributed by atoms with Gasteiger partial charge in [0, 0.05) is 31.1 Å². The summed E-state index contributed by atoms with van der Waals surface area (Å²) >= 11 is 7.47. The van der Waals surface area contributed by atoms with Crippen LogP contribution in [0.1, 0.15) is 5.56 Å². The Kier molecular flexibility index (Phi) is 7.85. The summed E-state index contributed by atoms with van der Waals surface area (Å²) in [4.78, 5) is 29.1. The van der Waals surface area contributed by atoms with Crippen molar-refractivity contribution < 1.29 is 22.8 Å². The van der Waals surface area contributed by atoms with E-state index < -0.39 is 17.6 Å². The first-order chi connectivity index (χ1) is 14.7. The van der Waals surface area contributed by atoms with Gasteiger partial charge in [-0.2, -0.15) is 13.2 Å². The number of thioether (sulfide) groups is 1. The standard InChI is InChI=1S/C21H21ClF3N3O2S/c22-16-6-2-4-8-18(16)31-14-20(30)28-11-9-27(10-12-28)13-19(29)26-17-7-3-1-5-15(17)21(23,24)25/h1-8H,9-14H2,(H,26,29). The third-order valence-electron chi connectivity index (χ3n) is 4.79. The first-order valence-electron chi connectivity index (χ1n) is 9.57. The Hall–Kier alpha value is -2.23. The number of carbonyl (C=O) groups is 2. The Labute approximate surface area is 187 Å². The number of alkyl halides is 3. The molecule has 0 aliphatic carbocycles. The largest absolute Gasteiger partial charge is 0.418 e. The summed E-state index contributed by atoms with van der Waals surface area (Å²) in [5.74, 6) is -0.280. The van der Waals surface area contributed by atoms with Crippen LogP contribution in [0.4, 0.5) is 18.9 Å². The monoisotopic (exact) mass is 471 g/mol. The summed E-state index contributed by atoms with van der Waals surface area (Å²) in [6.45, 7) is 1.80. The summed E-state index contributed by atoms with van der Waals surface area (Å²) in [7, 11) is 0. The zero-order chi connectivity index (χ0) is 22.4. The molecule has 0 unspecified atom stereocenters. The molecule has 2 aromatic carbocycles. The number of piperazine rings is 1. The first-order valence-corrected chi connectivity index (χ1v) is 10.9. The molecule has 1 N–H and O–H groups in total. The highest BCUT2D eigenvalue weighted by Gasteiger charge is 2.33. The summed E-state index contributed by atoms with van der Waals surface area (Å²) in [5, 5.41) is 2.95. The van der Waals surface area contributed by atoms with Crippen molar-refractivity contribution in [2.75, 3.05) is 43.8 Å². The molecule has 0 radical (unpaired) electrons. The zero-order valence-electron chi connectivity index (χ0n) is 16.5. The number of nitrogens with zero attached hydrogens (tertiary/aromatic N) is 2. The normalized spacial score (nSPS) is 15.0. The van der Waals surface area contributed by atoms with Crippen LogP contribution in [0.3, 0.4) is 0 Å². The summed E-state index contributed by atoms with van der Waals surface area (Å²) < 4.78 is 39.2. The smallest absolute Gasteiger partial charge is 0.339 e. The van der Waals surface area contributed by atoms with E-state index >= 15 is 0 Å². The number of anilines is 1. The molecule has 1 fully saturated rings. The lowest BCUT2D eigenvalue weighted by Gasteiger charge is -2.34. The van der Waals surface area contributed by atoms with Crippen molar-refractivity contribution in [3.8, 4) is 0 Å². The molecule has 1 aliphatic heterocycles. The van der Waals surface area contributed by atoms with Gasteiger partial charge in [0.05, 0.1) is 28.6 Å². The minimum Gasteiger partial charge on any atom is -0.339 e. The number of carbonyl (C=O) groups excluding carboxylic acids is 2. The number of halogens is 4. The first kappa shape index (κ1) is 23.4. The number of nitrogens with one attached hydrogen (secondary N) is 1. The Bertz CT molecular complexity index is 934. The van der Waals surface area contributed by atoms with Crippen molar-refractivity contribution in [1.82, 2.24) is 9.80 Å². The van der Waals surface area contributed by atoms with Gasteiger partial charge in [0.2, 0.25) is 11.8 Å². The second-order valence-corrected chi connectivity index (χ2v) is 8.39. The quantitative estimate of drug-likeness (QED) is 0.640. The molecule has 0 spiro atoms. The lowest BCUT2D eigenvalue weighted by atomic mass is 10.1. The molecule has 2 amide bonds. The lowest BCUT2D eigenvalue weighted by Crippen LogP contribution is -2.50. The molecular formula is C21H21ClF3N3O2S. The van der Waals surface area contributed by atoms with Crippen molar-refractivity contribution in [2.45, 2.75) is 11.1 Å². The van der Waals surface area contributed by atoms with Gasteiger partial charge in [-0.05, 0) is 24.3 Å². The molecule has 0 bridgehead atoms. The molecular weight excluding hydrogens is 451 g/mol. The Balaban J connectivity index is 1.45. The molecule has 1 heterocycles. The fraction of sp³-hybridized carbons (Fsp3) is 0.333. The molecule has 5 nitrogen and oxygen atoms in total. The minimum atomic E-state index is -4.54. The van der Waals surface area contributed by atoms with Gasteiger partial charge in [-0.1, -0.05) is 35.9 Å². The van der Waals surface area contributed by atoms with Crippen LogP contribution in [0.2, 0.25) is 5.02 Å². The number of hydrogen-bond donors (Lipinski definition) is 1. The van der Waals surface area contributed by atoms with Gasteiger partial charge < -0.3 is 10.2 Å². The van der Waals surface area contributed by atoms with E-state index in [2.05, 4.69) is 5.32 Å². The van der Waals surface area contributed by atoms with E-state index in [-0.39, 0.29) is 23.9 Å². The highest BCUT2D eigenvalue weighted by Crippen LogP contribution is 2.34. The van der Waals surface area contributed by atoms with Crippen LogP contribution in [-0.4, -0.2) is 60.1 Å². The van der Waals surface area contributed by atoms with E-state index in [0.29, 0.717) is 31.2 Å². The van der Waals surface area contributed by atoms with Crippen molar-refractivity contribution in [2.24, 2.45) is 0 Å². The van der Waals surface area contributed by atoms with Gasteiger partial charge in [0.15, 0.2) is 0 Å². The van der Waals surface area contributed by atoms with Crippen LogP contribution in [0.5, 0.6) is 0 Å². The van der Waals surface area contributed by atoms with Crippen LogP contribution in [0.15, 0.2) is 53.4 Å². The molecule has 0 saturated carbocycles. The second-order valence-electron chi connectivity index (χ2n) is 6.97. The summed E-state index contributed by atoms with van der Waals surface area (Å²) in [6, 6.07) is 12.2. The van der Waals surface area contributed by atoms with Crippen molar-refractivity contribution in [3.63, 3.8) is 0 Å². The predicted molar refractivity (Wildman–Crippen MR) is 115 cm³/mol. The molecule has 3 rings (SSSR count). The molecule has 10 heteroatoms. The average Bonchev–Trinajstić information content (AvgIpc) is 2.73. The topological polar surface area (TPSA) is 52.7 Å². The Morgan fingerprint density at radius 1 is 1.00 bits per heavy atom. The summed E-state index contributed by atoms with van der Waals surface area (Å²) in [5.41, 5.74) is -1.14. The maximum atomic E-state index is 13.1. The van der Waals surface area contributed by atoms with E-state index in [0.717, 1.165) is 11.0 Å². The predicted octanol–water partition coefficient (Wildman–Crippen LogP) is 4.23. The Morgan fingerprint density at radius 2 is 1.65 bits per heavy atom. The maximum Gasteiger partial charge on any atom is 0.418 e. The average molecular weight is 472 g/mol. The van der Waals surface area contributed by atoms with E-state index in [4.69, 9.17) is 11.6 Å². The molecule has 31 heavy (non-hydrogen) atoms. The minimum absolute atomic E-state index is 0.0203. The van der Waals surface area contributed by atoms with Crippen molar-refractivity contribution in [1.29, 1.82) is 0 Å². The molecule has 166 valence electrons. The number of amides is 2. The number of rotatable bonds is 6. The van der Waals surface area contributed by atoms with Crippen LogP contribution < -0.4 is 5.32 Å². The number of para-hydroxylation sites is 1. The van der Waals surface area contributed by atoms with Gasteiger partial charge in [0.25, 0.3) is 0 Å². The molecule has 2 aromatic rings. The number of benzene rings is 2.